The first-order chi connectivity index (χ1) is 9.71. The van der Waals surface area contributed by atoms with Gasteiger partial charge in [0.1, 0.15) is 5.54 Å². The molecule has 0 aliphatic heterocycles. The summed E-state index contributed by atoms with van der Waals surface area (Å²) < 4.78 is 0. The van der Waals surface area contributed by atoms with Gasteiger partial charge < -0.3 is 4.90 Å². The van der Waals surface area contributed by atoms with E-state index in [1.165, 1.54) is 51.7 Å². The molecule has 0 bridgehead atoms. The Morgan fingerprint density at radius 1 is 1.20 bits per heavy atom. The SMILES string of the molecule is CCCN(CCCC(C#N)(CC)NC1CC1)CC1CC1. The van der Waals surface area contributed by atoms with Gasteiger partial charge in [-0.05, 0) is 70.4 Å². The Hall–Kier alpha value is -0.590. The van der Waals surface area contributed by atoms with Gasteiger partial charge in [-0.25, -0.2) is 0 Å². The van der Waals surface area contributed by atoms with Crippen molar-refractivity contribution in [3.8, 4) is 6.07 Å². The lowest BCUT2D eigenvalue weighted by Gasteiger charge is -2.28. The van der Waals surface area contributed by atoms with E-state index in [1.54, 1.807) is 0 Å². The van der Waals surface area contributed by atoms with E-state index in [1.807, 2.05) is 0 Å². The van der Waals surface area contributed by atoms with E-state index in [9.17, 15) is 5.26 Å². The van der Waals surface area contributed by atoms with E-state index in [4.69, 9.17) is 0 Å². The summed E-state index contributed by atoms with van der Waals surface area (Å²) in [6, 6.07) is 3.18. The van der Waals surface area contributed by atoms with Crippen LogP contribution in [0.1, 0.15) is 65.2 Å². The van der Waals surface area contributed by atoms with E-state index in [0.29, 0.717) is 6.04 Å². The highest BCUT2D eigenvalue weighted by atomic mass is 15.1. The maximum Gasteiger partial charge on any atom is 0.106 e. The van der Waals surface area contributed by atoms with Crippen LogP contribution in [-0.2, 0) is 0 Å². The van der Waals surface area contributed by atoms with Gasteiger partial charge in [0, 0.05) is 12.6 Å². The molecule has 3 heteroatoms. The molecular weight excluding hydrogens is 246 g/mol. The fourth-order valence-electron chi connectivity index (χ4n) is 3.02. The van der Waals surface area contributed by atoms with Crippen molar-refractivity contribution in [2.45, 2.75) is 76.8 Å². The van der Waals surface area contributed by atoms with Crippen molar-refractivity contribution in [3.05, 3.63) is 0 Å². The van der Waals surface area contributed by atoms with E-state index in [-0.39, 0.29) is 5.54 Å². The highest BCUT2D eigenvalue weighted by Crippen LogP contribution is 2.30. The molecular formula is C17H31N3. The van der Waals surface area contributed by atoms with Gasteiger partial charge in [0.05, 0.1) is 6.07 Å². The third-order valence-electron chi connectivity index (χ3n) is 4.71. The summed E-state index contributed by atoms with van der Waals surface area (Å²) in [7, 11) is 0. The summed E-state index contributed by atoms with van der Waals surface area (Å²) in [6.07, 6.45) is 9.69. The van der Waals surface area contributed by atoms with Crippen LogP contribution in [-0.4, -0.2) is 36.1 Å². The zero-order chi connectivity index (χ0) is 14.4. The molecule has 0 saturated heterocycles. The molecule has 2 aliphatic rings. The van der Waals surface area contributed by atoms with Crippen LogP contribution in [0.4, 0.5) is 0 Å². The van der Waals surface area contributed by atoms with E-state index >= 15 is 0 Å². The van der Waals surface area contributed by atoms with Crippen molar-refractivity contribution in [2.75, 3.05) is 19.6 Å². The minimum Gasteiger partial charge on any atom is -0.303 e. The number of hydrogen-bond acceptors (Lipinski definition) is 3. The van der Waals surface area contributed by atoms with E-state index in [2.05, 4.69) is 30.1 Å². The van der Waals surface area contributed by atoms with Crippen molar-refractivity contribution < 1.29 is 0 Å². The predicted octanol–water partition coefficient (Wildman–Crippen LogP) is 3.31. The van der Waals surface area contributed by atoms with Gasteiger partial charge in [-0.1, -0.05) is 13.8 Å². The number of nitrogens with zero attached hydrogens (tertiary/aromatic N) is 2. The first-order valence-electron chi connectivity index (χ1n) is 8.62. The Morgan fingerprint density at radius 2 is 1.95 bits per heavy atom. The van der Waals surface area contributed by atoms with Crippen molar-refractivity contribution >= 4 is 0 Å². The van der Waals surface area contributed by atoms with Crippen molar-refractivity contribution in [1.82, 2.24) is 10.2 Å². The zero-order valence-corrected chi connectivity index (χ0v) is 13.3. The number of nitrogens with one attached hydrogen (secondary N) is 1. The molecule has 0 amide bonds. The van der Waals surface area contributed by atoms with E-state index in [0.717, 1.165) is 25.2 Å². The van der Waals surface area contributed by atoms with Crippen LogP contribution in [0.5, 0.6) is 0 Å². The van der Waals surface area contributed by atoms with Crippen molar-refractivity contribution in [3.63, 3.8) is 0 Å². The molecule has 0 aromatic heterocycles. The number of hydrogen-bond donors (Lipinski definition) is 1. The first-order valence-corrected chi connectivity index (χ1v) is 8.62. The standard InChI is InChI=1S/C17H31N3/c1-3-11-20(13-15-6-7-15)12-5-10-17(4-2,14-18)19-16-8-9-16/h15-16,19H,3-13H2,1-2H3. The molecule has 2 rings (SSSR count). The average molecular weight is 277 g/mol. The number of rotatable bonds is 11. The van der Waals surface area contributed by atoms with Crippen LogP contribution >= 0.6 is 0 Å². The monoisotopic (exact) mass is 277 g/mol. The molecule has 20 heavy (non-hydrogen) atoms. The Kier molecular flexibility index (Phi) is 5.86. The molecule has 0 heterocycles. The molecule has 2 saturated carbocycles. The van der Waals surface area contributed by atoms with Gasteiger partial charge in [0.2, 0.25) is 0 Å². The summed E-state index contributed by atoms with van der Waals surface area (Å²) in [4.78, 5) is 2.62. The highest BCUT2D eigenvalue weighted by Gasteiger charge is 2.34. The molecule has 114 valence electrons. The van der Waals surface area contributed by atoms with Gasteiger partial charge in [-0.2, -0.15) is 5.26 Å². The molecule has 1 unspecified atom stereocenters. The second-order valence-electron chi connectivity index (χ2n) is 6.81. The third-order valence-corrected chi connectivity index (χ3v) is 4.71. The second-order valence-corrected chi connectivity index (χ2v) is 6.81. The quantitative estimate of drug-likeness (QED) is 0.630. The van der Waals surface area contributed by atoms with Crippen LogP contribution in [0.2, 0.25) is 0 Å². The Balaban J connectivity index is 1.73. The molecule has 0 aromatic carbocycles. The fraction of sp³-hybridized carbons (Fsp3) is 0.941. The van der Waals surface area contributed by atoms with Crippen LogP contribution in [0.3, 0.4) is 0 Å². The van der Waals surface area contributed by atoms with E-state index < -0.39 is 0 Å². The second kappa shape index (κ2) is 7.43. The molecule has 1 N–H and O–H groups in total. The van der Waals surface area contributed by atoms with Gasteiger partial charge >= 0.3 is 0 Å². The zero-order valence-electron chi connectivity index (χ0n) is 13.3. The topological polar surface area (TPSA) is 39.1 Å². The largest absolute Gasteiger partial charge is 0.303 e. The lowest BCUT2D eigenvalue weighted by molar-refractivity contribution is 0.243. The molecule has 0 aromatic rings. The maximum atomic E-state index is 9.55. The smallest absolute Gasteiger partial charge is 0.106 e. The third kappa shape index (κ3) is 5.07. The minimum absolute atomic E-state index is 0.265. The predicted molar refractivity (Wildman–Crippen MR) is 83.5 cm³/mol. The van der Waals surface area contributed by atoms with Crippen LogP contribution in [0.15, 0.2) is 0 Å². The molecule has 3 nitrogen and oxygen atoms in total. The lowest BCUT2D eigenvalue weighted by atomic mass is 9.91. The highest BCUT2D eigenvalue weighted by molar-refractivity contribution is 5.09. The lowest BCUT2D eigenvalue weighted by Crippen LogP contribution is -2.45. The summed E-state index contributed by atoms with van der Waals surface area (Å²) in [5.74, 6) is 0.970. The van der Waals surface area contributed by atoms with Gasteiger partial charge in [0.15, 0.2) is 0 Å². The Bertz CT molecular complexity index is 328. The molecule has 2 aliphatic carbocycles. The first kappa shape index (κ1) is 15.8. The normalized spacial score (nSPS) is 21.7. The van der Waals surface area contributed by atoms with Crippen molar-refractivity contribution in [2.24, 2.45) is 5.92 Å². The summed E-state index contributed by atoms with van der Waals surface area (Å²) in [5.41, 5.74) is -0.265. The summed E-state index contributed by atoms with van der Waals surface area (Å²) in [6.45, 7) is 8.08. The molecule has 0 radical (unpaired) electrons. The van der Waals surface area contributed by atoms with Gasteiger partial charge in [0.25, 0.3) is 0 Å². The fourth-order valence-corrected chi connectivity index (χ4v) is 3.02. The maximum absolute atomic E-state index is 9.55. The number of nitriles is 1. The van der Waals surface area contributed by atoms with Crippen LogP contribution in [0, 0.1) is 17.2 Å². The van der Waals surface area contributed by atoms with Gasteiger partial charge in [-0.15, -0.1) is 0 Å². The van der Waals surface area contributed by atoms with Crippen LogP contribution < -0.4 is 5.32 Å². The summed E-state index contributed by atoms with van der Waals surface area (Å²) in [5, 5.41) is 13.1. The Morgan fingerprint density at radius 3 is 2.45 bits per heavy atom. The van der Waals surface area contributed by atoms with Gasteiger partial charge in [-0.3, -0.25) is 5.32 Å². The molecule has 2 fully saturated rings. The summed E-state index contributed by atoms with van der Waals surface area (Å²) >= 11 is 0. The average Bonchev–Trinajstić information content (AvgIpc) is 3.33. The minimum atomic E-state index is -0.265. The van der Waals surface area contributed by atoms with Crippen molar-refractivity contribution in [1.29, 1.82) is 5.26 Å². The Labute approximate surface area is 124 Å². The molecule has 0 spiro atoms. The molecule has 1 atom stereocenters. The van der Waals surface area contributed by atoms with Crippen LogP contribution in [0.25, 0.3) is 0 Å².